The third-order valence-electron chi connectivity index (χ3n) is 1.28. The van der Waals surface area contributed by atoms with E-state index in [1.807, 2.05) is 6.92 Å². The molecule has 0 aromatic carbocycles. The van der Waals surface area contributed by atoms with Crippen LogP contribution in [0.5, 0.6) is 0 Å². The largest absolute Gasteiger partial charge is 0.220 e. The van der Waals surface area contributed by atoms with Crippen molar-refractivity contribution in [2.45, 2.75) is 35.1 Å². The van der Waals surface area contributed by atoms with Crippen molar-refractivity contribution in [2.24, 2.45) is 5.92 Å². The van der Waals surface area contributed by atoms with E-state index in [0.717, 1.165) is 6.42 Å². The van der Waals surface area contributed by atoms with Crippen molar-refractivity contribution in [2.75, 3.05) is 0 Å². The topological polar surface area (TPSA) is 38.7 Å². The maximum Gasteiger partial charge on any atom is 0.125 e. The molecular weight excluding hydrogens is 224 g/mol. The van der Waals surface area contributed by atoms with Crippen LogP contribution < -0.4 is 0 Å². The van der Waals surface area contributed by atoms with Gasteiger partial charge in [0.2, 0.25) is 0 Å². The molecule has 3 nitrogen and oxygen atoms in total. The first kappa shape index (κ1) is 20.3. The molecule has 0 fully saturated rings. The van der Waals surface area contributed by atoms with Crippen molar-refractivity contribution in [3.8, 4) is 34.9 Å². The normalized spacial score (nSPS) is 8.44. The Kier molecular flexibility index (Phi) is 20.8. The molecule has 0 aliphatic heterocycles. The highest BCUT2D eigenvalue weighted by molar-refractivity contribution is 7.99. The highest BCUT2D eigenvalue weighted by Gasteiger charge is 1.86. The van der Waals surface area contributed by atoms with Gasteiger partial charge in [-0.2, -0.15) is 0 Å². The molecule has 0 saturated carbocycles. The minimum atomic E-state index is 0. The first-order chi connectivity index (χ1) is 6.81. The average molecular weight is 242 g/mol. The van der Waals surface area contributed by atoms with Crippen molar-refractivity contribution >= 4 is 12.0 Å². The molecule has 0 radical (unpaired) electrons. The molecule has 1 unspecified atom stereocenters. The smallest absolute Gasteiger partial charge is 0.125 e. The van der Waals surface area contributed by atoms with Gasteiger partial charge in [0.25, 0.3) is 0 Å². The summed E-state index contributed by atoms with van der Waals surface area (Å²) < 4.78 is 3.99. The van der Waals surface area contributed by atoms with Gasteiger partial charge < -0.3 is 0 Å². The molecule has 1 N–H and O–H groups in total. The molecule has 0 bridgehead atoms. The minimum absolute atomic E-state index is 0. The van der Waals surface area contributed by atoms with E-state index < -0.39 is 0 Å². The second-order valence-electron chi connectivity index (χ2n) is 2.28. The van der Waals surface area contributed by atoms with Gasteiger partial charge in [-0.3, -0.25) is 0 Å². The molecular formula is C12H18O3S. The quantitative estimate of drug-likeness (QED) is 0.271. The lowest BCUT2D eigenvalue weighted by Crippen LogP contribution is -1.83. The molecule has 0 amide bonds. The SMILES string of the molecule is C.C.CCC(C)C#CC#CC#CSOOO. The van der Waals surface area contributed by atoms with Gasteiger partial charge in [0.05, 0.1) is 0 Å². The van der Waals surface area contributed by atoms with E-state index in [-0.39, 0.29) is 14.9 Å². The number of rotatable bonds is 3. The molecule has 0 spiro atoms. The fraction of sp³-hybridized carbons (Fsp3) is 0.500. The van der Waals surface area contributed by atoms with Crippen molar-refractivity contribution in [1.82, 2.24) is 0 Å². The van der Waals surface area contributed by atoms with Gasteiger partial charge in [0.1, 0.15) is 12.0 Å². The molecule has 90 valence electrons. The van der Waals surface area contributed by atoms with Crippen LogP contribution in [0.1, 0.15) is 35.1 Å². The van der Waals surface area contributed by atoms with Crippen LogP contribution >= 0.6 is 12.0 Å². The van der Waals surface area contributed by atoms with Crippen LogP contribution in [0.15, 0.2) is 0 Å². The van der Waals surface area contributed by atoms with Gasteiger partial charge in [0, 0.05) is 17.1 Å². The summed E-state index contributed by atoms with van der Waals surface area (Å²) in [5.41, 5.74) is 0. The highest BCUT2D eigenvalue weighted by Crippen LogP contribution is 1.96. The van der Waals surface area contributed by atoms with Gasteiger partial charge >= 0.3 is 0 Å². The Morgan fingerprint density at radius 3 is 2.38 bits per heavy atom. The monoisotopic (exact) mass is 242 g/mol. The second-order valence-corrected chi connectivity index (χ2v) is 2.79. The first-order valence-corrected chi connectivity index (χ1v) is 4.69. The van der Waals surface area contributed by atoms with Crippen LogP contribution in [-0.4, -0.2) is 5.26 Å². The van der Waals surface area contributed by atoms with E-state index in [9.17, 15) is 0 Å². The van der Waals surface area contributed by atoms with Gasteiger partial charge in [-0.1, -0.05) is 39.7 Å². The lowest BCUT2D eigenvalue weighted by atomic mass is 10.1. The molecule has 0 aliphatic carbocycles. The Hall–Kier alpha value is -1.09. The van der Waals surface area contributed by atoms with Gasteiger partial charge in [-0.15, -0.1) is 4.33 Å². The lowest BCUT2D eigenvalue weighted by molar-refractivity contribution is -0.431. The Labute approximate surface area is 103 Å². The van der Waals surface area contributed by atoms with E-state index >= 15 is 0 Å². The summed E-state index contributed by atoms with van der Waals surface area (Å²) in [6.07, 6.45) is 1.01. The molecule has 16 heavy (non-hydrogen) atoms. The van der Waals surface area contributed by atoms with Gasteiger partial charge in [0.15, 0.2) is 0 Å². The Balaban J connectivity index is -0.000000845. The maximum atomic E-state index is 7.73. The van der Waals surface area contributed by atoms with Crippen LogP contribution in [0.4, 0.5) is 0 Å². The Bertz CT molecular complexity index is 319. The fourth-order valence-corrected chi connectivity index (χ4v) is 0.560. The Morgan fingerprint density at radius 1 is 1.19 bits per heavy atom. The minimum Gasteiger partial charge on any atom is -0.220 e. The van der Waals surface area contributed by atoms with Gasteiger partial charge in [-0.05, 0) is 24.2 Å². The summed E-state index contributed by atoms with van der Waals surface area (Å²) in [5.74, 6) is 13.5. The Morgan fingerprint density at radius 2 is 1.81 bits per heavy atom. The summed E-state index contributed by atoms with van der Waals surface area (Å²) in [6, 6.07) is 0. The van der Waals surface area contributed by atoms with E-state index in [0.29, 0.717) is 18.0 Å². The lowest BCUT2D eigenvalue weighted by Gasteiger charge is -1.91. The molecule has 1 atom stereocenters. The van der Waals surface area contributed by atoms with Crippen molar-refractivity contribution in [3.05, 3.63) is 0 Å². The van der Waals surface area contributed by atoms with Crippen molar-refractivity contribution in [3.63, 3.8) is 0 Å². The number of hydrogen-bond acceptors (Lipinski definition) is 4. The van der Waals surface area contributed by atoms with E-state index in [1.165, 1.54) is 0 Å². The van der Waals surface area contributed by atoms with Crippen LogP contribution in [0.2, 0.25) is 0 Å². The predicted octanol–water partition coefficient (Wildman–Crippen LogP) is 3.34. The molecule has 0 aromatic rings. The summed E-state index contributed by atoms with van der Waals surface area (Å²) in [4.78, 5) is 0. The molecule has 0 rings (SSSR count). The number of hydrogen-bond donors (Lipinski definition) is 1. The van der Waals surface area contributed by atoms with Crippen LogP contribution in [0.25, 0.3) is 0 Å². The van der Waals surface area contributed by atoms with E-state index in [2.05, 4.69) is 51.2 Å². The summed E-state index contributed by atoms with van der Waals surface area (Å²) in [7, 11) is 0. The molecule has 0 saturated heterocycles. The van der Waals surface area contributed by atoms with E-state index in [4.69, 9.17) is 5.26 Å². The van der Waals surface area contributed by atoms with Crippen LogP contribution in [0.3, 0.4) is 0 Å². The third kappa shape index (κ3) is 15.4. The van der Waals surface area contributed by atoms with Crippen molar-refractivity contribution in [1.29, 1.82) is 0 Å². The predicted molar refractivity (Wildman–Crippen MR) is 68.6 cm³/mol. The second kappa shape index (κ2) is 16.3. The zero-order valence-corrected chi connectivity index (χ0v) is 8.77. The maximum absolute atomic E-state index is 7.73. The zero-order valence-electron chi connectivity index (χ0n) is 7.96. The molecule has 0 aliphatic rings. The van der Waals surface area contributed by atoms with Crippen LogP contribution in [0, 0.1) is 40.8 Å². The average Bonchev–Trinajstić information content (AvgIpc) is 2.21. The molecule has 0 aromatic heterocycles. The third-order valence-corrected chi connectivity index (χ3v) is 1.59. The summed E-state index contributed by atoms with van der Waals surface area (Å²) in [5, 5.41) is 13.4. The highest BCUT2D eigenvalue weighted by atomic mass is 32.2. The summed E-state index contributed by atoms with van der Waals surface area (Å²) >= 11 is 0.638. The van der Waals surface area contributed by atoms with E-state index in [1.54, 1.807) is 0 Å². The zero-order chi connectivity index (χ0) is 10.6. The van der Waals surface area contributed by atoms with Crippen LogP contribution in [-0.2, 0) is 9.37 Å². The van der Waals surface area contributed by atoms with Gasteiger partial charge in [-0.25, -0.2) is 5.26 Å². The molecule has 4 heteroatoms. The first-order valence-electron chi connectivity index (χ1n) is 3.95. The fourth-order valence-electron chi connectivity index (χ4n) is 0.402. The molecule has 0 heterocycles. The standard InChI is InChI=1S/C10H10O3S.2CH4/c1-3-10(2)8-6-4-5-7-9-14-13-12-11;;/h10-11H,3H2,1-2H3;2*1H4. The van der Waals surface area contributed by atoms with Crippen molar-refractivity contribution < 1.29 is 14.6 Å². The summed E-state index contributed by atoms with van der Waals surface area (Å²) in [6.45, 7) is 4.10.